The van der Waals surface area contributed by atoms with Crippen molar-refractivity contribution >= 4 is 11.8 Å². The smallest absolute Gasteiger partial charge is 0.168 e. The third-order valence-electron chi connectivity index (χ3n) is 2.46. The van der Waals surface area contributed by atoms with Gasteiger partial charge < -0.3 is 4.74 Å². The van der Waals surface area contributed by atoms with Crippen LogP contribution >= 0.6 is 11.8 Å². The van der Waals surface area contributed by atoms with Crippen molar-refractivity contribution in [3.8, 4) is 0 Å². The molecule has 2 rings (SSSR count). The van der Waals surface area contributed by atoms with Gasteiger partial charge in [-0.1, -0.05) is 30.3 Å². The van der Waals surface area contributed by atoms with Crippen LogP contribution < -0.4 is 5.32 Å². The molecule has 14 heavy (non-hydrogen) atoms. The van der Waals surface area contributed by atoms with E-state index in [0.29, 0.717) is 0 Å². The zero-order valence-corrected chi connectivity index (χ0v) is 9.09. The lowest BCUT2D eigenvalue weighted by atomic mass is 10.0. The summed E-state index contributed by atoms with van der Waals surface area (Å²) in [5.41, 5.74) is 0.763. The van der Waals surface area contributed by atoms with E-state index in [-0.39, 0.29) is 0 Å². The number of methoxy groups -OCH3 is 1. The van der Waals surface area contributed by atoms with E-state index in [9.17, 15) is 0 Å². The van der Waals surface area contributed by atoms with Gasteiger partial charge in [0.05, 0.1) is 0 Å². The third kappa shape index (κ3) is 1.80. The van der Waals surface area contributed by atoms with Gasteiger partial charge in [0.25, 0.3) is 0 Å². The minimum atomic E-state index is -0.399. The molecule has 1 aromatic rings. The molecule has 0 aliphatic carbocycles. The molecule has 1 unspecified atom stereocenters. The molecule has 1 aliphatic rings. The van der Waals surface area contributed by atoms with Crippen molar-refractivity contribution < 1.29 is 4.74 Å². The molecule has 1 aliphatic heterocycles. The van der Waals surface area contributed by atoms with E-state index in [0.717, 1.165) is 23.6 Å². The van der Waals surface area contributed by atoms with Gasteiger partial charge in [0.2, 0.25) is 0 Å². The molecule has 75 valence electrons. The highest BCUT2D eigenvalue weighted by atomic mass is 32.2. The Bertz CT molecular complexity index is 283. The summed E-state index contributed by atoms with van der Waals surface area (Å²) in [6.07, 6.45) is 0. The standard InChI is InChI=1S/C11H14NOS/c1-13-11(9-14-8-7-12-11)10-5-3-2-4-6-10/h2-6H,7-9H2,1H3. The minimum Gasteiger partial charge on any atom is -0.357 e. The lowest BCUT2D eigenvalue weighted by molar-refractivity contribution is -0.0282. The number of nitrogens with zero attached hydrogens (tertiary/aromatic N) is 1. The maximum atomic E-state index is 5.58. The predicted octanol–water partition coefficient (Wildman–Crippen LogP) is 1.84. The van der Waals surface area contributed by atoms with E-state index in [4.69, 9.17) is 4.74 Å². The molecule has 1 saturated heterocycles. The van der Waals surface area contributed by atoms with Gasteiger partial charge in [-0.15, -0.1) is 0 Å². The number of ether oxygens (including phenoxy) is 1. The highest BCUT2D eigenvalue weighted by molar-refractivity contribution is 7.99. The SMILES string of the molecule is COC1(c2ccccc2)CSCC[N]1. The molecule has 1 atom stereocenters. The first-order chi connectivity index (χ1) is 6.87. The van der Waals surface area contributed by atoms with Crippen LogP contribution in [0.4, 0.5) is 0 Å². The van der Waals surface area contributed by atoms with Crippen LogP contribution in [0.1, 0.15) is 5.56 Å². The van der Waals surface area contributed by atoms with Crippen molar-refractivity contribution in [1.29, 1.82) is 0 Å². The van der Waals surface area contributed by atoms with Crippen LogP contribution in [0.15, 0.2) is 30.3 Å². The van der Waals surface area contributed by atoms with Gasteiger partial charge >= 0.3 is 0 Å². The lowest BCUT2D eigenvalue weighted by Crippen LogP contribution is -2.45. The van der Waals surface area contributed by atoms with Crippen molar-refractivity contribution in [2.24, 2.45) is 0 Å². The van der Waals surface area contributed by atoms with Crippen LogP contribution in [-0.4, -0.2) is 25.2 Å². The van der Waals surface area contributed by atoms with Crippen molar-refractivity contribution in [2.75, 3.05) is 25.2 Å². The zero-order valence-electron chi connectivity index (χ0n) is 8.27. The van der Waals surface area contributed by atoms with Gasteiger partial charge in [-0.25, -0.2) is 5.32 Å². The van der Waals surface area contributed by atoms with E-state index >= 15 is 0 Å². The largest absolute Gasteiger partial charge is 0.357 e. The molecule has 0 bridgehead atoms. The van der Waals surface area contributed by atoms with Crippen molar-refractivity contribution in [3.63, 3.8) is 0 Å². The van der Waals surface area contributed by atoms with Crippen molar-refractivity contribution in [1.82, 2.24) is 5.32 Å². The Morgan fingerprint density at radius 3 is 2.71 bits per heavy atom. The summed E-state index contributed by atoms with van der Waals surface area (Å²) >= 11 is 1.90. The van der Waals surface area contributed by atoms with E-state index in [1.165, 1.54) is 0 Å². The maximum absolute atomic E-state index is 5.58. The summed E-state index contributed by atoms with van der Waals surface area (Å²) in [5, 5.41) is 4.61. The first kappa shape index (κ1) is 10.0. The average Bonchev–Trinajstić information content (AvgIpc) is 2.31. The van der Waals surface area contributed by atoms with Gasteiger partial charge in [-0.2, -0.15) is 11.8 Å². The summed E-state index contributed by atoms with van der Waals surface area (Å²) in [6, 6.07) is 10.2. The van der Waals surface area contributed by atoms with Crippen LogP contribution in [0.25, 0.3) is 0 Å². The number of hydrogen-bond acceptors (Lipinski definition) is 2. The van der Waals surface area contributed by atoms with Crippen molar-refractivity contribution in [2.45, 2.75) is 5.72 Å². The van der Waals surface area contributed by atoms with Crippen LogP contribution in [0, 0.1) is 0 Å². The second kappa shape index (κ2) is 4.34. The van der Waals surface area contributed by atoms with Gasteiger partial charge in [0.1, 0.15) is 0 Å². The fourth-order valence-corrected chi connectivity index (χ4v) is 2.68. The fraction of sp³-hybridized carbons (Fsp3) is 0.455. The average molecular weight is 208 g/mol. The van der Waals surface area contributed by atoms with Crippen molar-refractivity contribution in [3.05, 3.63) is 35.9 Å². The molecule has 3 heteroatoms. The zero-order chi connectivity index (χ0) is 9.86. The Hall–Kier alpha value is -0.510. The van der Waals surface area contributed by atoms with Crippen LogP contribution in [-0.2, 0) is 10.5 Å². The molecule has 0 aromatic heterocycles. The quantitative estimate of drug-likeness (QED) is 0.740. The summed E-state index contributed by atoms with van der Waals surface area (Å²) in [5.74, 6) is 2.03. The van der Waals surface area contributed by atoms with Gasteiger partial charge in [0.15, 0.2) is 5.72 Å². The molecular weight excluding hydrogens is 194 g/mol. The van der Waals surface area contributed by atoms with Crippen LogP contribution in [0.2, 0.25) is 0 Å². The first-order valence-electron chi connectivity index (χ1n) is 4.74. The molecule has 0 N–H and O–H groups in total. The highest BCUT2D eigenvalue weighted by Gasteiger charge is 2.34. The second-order valence-electron chi connectivity index (χ2n) is 3.29. The lowest BCUT2D eigenvalue weighted by Gasteiger charge is -2.35. The maximum Gasteiger partial charge on any atom is 0.168 e. The minimum absolute atomic E-state index is 0.399. The first-order valence-corrected chi connectivity index (χ1v) is 5.90. The topological polar surface area (TPSA) is 23.3 Å². The molecule has 0 amide bonds. The number of benzene rings is 1. The van der Waals surface area contributed by atoms with Crippen LogP contribution in [0.5, 0.6) is 0 Å². The molecule has 1 heterocycles. The number of thioether (sulfide) groups is 1. The molecule has 1 fully saturated rings. The Balaban J connectivity index is 2.27. The molecule has 1 aromatic carbocycles. The summed E-state index contributed by atoms with van der Waals surface area (Å²) in [7, 11) is 1.74. The molecule has 0 spiro atoms. The fourth-order valence-electron chi connectivity index (χ4n) is 1.66. The van der Waals surface area contributed by atoms with Gasteiger partial charge in [-0.05, 0) is 0 Å². The summed E-state index contributed by atoms with van der Waals surface area (Å²) < 4.78 is 5.58. The third-order valence-corrected chi connectivity index (χ3v) is 3.53. The monoisotopic (exact) mass is 208 g/mol. The Morgan fingerprint density at radius 1 is 1.36 bits per heavy atom. The summed E-state index contributed by atoms with van der Waals surface area (Å²) in [6.45, 7) is 0.882. The van der Waals surface area contributed by atoms with Crippen LogP contribution in [0.3, 0.4) is 0 Å². The molecular formula is C11H14NOS. The second-order valence-corrected chi connectivity index (χ2v) is 4.39. The van der Waals surface area contributed by atoms with E-state index in [1.807, 2.05) is 30.0 Å². The van der Waals surface area contributed by atoms with Gasteiger partial charge in [-0.3, -0.25) is 0 Å². The van der Waals surface area contributed by atoms with E-state index < -0.39 is 5.72 Å². The Kier molecular flexibility index (Phi) is 3.11. The van der Waals surface area contributed by atoms with Gasteiger partial charge in [0, 0.05) is 30.7 Å². The predicted molar refractivity (Wildman–Crippen MR) is 59.5 cm³/mol. The Morgan fingerprint density at radius 2 is 2.14 bits per heavy atom. The van der Waals surface area contributed by atoms with E-state index in [2.05, 4.69) is 17.4 Å². The van der Waals surface area contributed by atoms with E-state index in [1.54, 1.807) is 7.11 Å². The summed E-state index contributed by atoms with van der Waals surface area (Å²) in [4.78, 5) is 0. The molecule has 0 saturated carbocycles. The molecule has 1 radical (unpaired) electrons. The normalized spacial score (nSPS) is 27.5. The Labute approximate surface area is 89.0 Å². The number of hydrogen-bond donors (Lipinski definition) is 0. The molecule has 2 nitrogen and oxygen atoms in total. The number of rotatable bonds is 2. The highest BCUT2D eigenvalue weighted by Crippen LogP contribution is 2.30.